The Kier molecular flexibility index (Phi) is 5.50. The van der Waals surface area contributed by atoms with Crippen molar-refractivity contribution in [1.82, 2.24) is 0 Å². The van der Waals surface area contributed by atoms with Crippen molar-refractivity contribution in [2.24, 2.45) is 0 Å². The first-order valence-electron chi connectivity index (χ1n) is 8.82. The van der Waals surface area contributed by atoms with Crippen LogP contribution in [-0.4, -0.2) is 18.4 Å². The topological polar surface area (TPSA) is 73.6 Å². The summed E-state index contributed by atoms with van der Waals surface area (Å²) < 4.78 is 10.1. The SMILES string of the molecule is CC[C@@H](C)c1ccc(C(=O)COC(=O)c2cc3ccccc3oc2=O)cc1. The predicted molar refractivity (Wildman–Crippen MR) is 102 cm³/mol. The Morgan fingerprint density at radius 2 is 1.78 bits per heavy atom. The number of esters is 1. The minimum absolute atomic E-state index is 0.228. The Bertz CT molecular complexity index is 1030. The van der Waals surface area contributed by atoms with Crippen molar-refractivity contribution in [3.8, 4) is 0 Å². The third kappa shape index (κ3) is 4.14. The first-order chi connectivity index (χ1) is 13.0. The molecule has 0 spiro atoms. The van der Waals surface area contributed by atoms with Crippen molar-refractivity contribution in [3.63, 3.8) is 0 Å². The molecule has 0 aliphatic heterocycles. The molecule has 27 heavy (non-hydrogen) atoms. The highest BCUT2D eigenvalue weighted by Crippen LogP contribution is 2.19. The van der Waals surface area contributed by atoms with Crippen LogP contribution in [-0.2, 0) is 4.74 Å². The Hall–Kier alpha value is -3.21. The van der Waals surface area contributed by atoms with Gasteiger partial charge in [-0.1, -0.05) is 56.3 Å². The van der Waals surface area contributed by atoms with Crippen LogP contribution in [0.25, 0.3) is 11.0 Å². The molecule has 0 amide bonds. The van der Waals surface area contributed by atoms with Gasteiger partial charge in [0, 0.05) is 10.9 Å². The van der Waals surface area contributed by atoms with Crippen LogP contribution in [0.3, 0.4) is 0 Å². The van der Waals surface area contributed by atoms with Crippen LogP contribution in [0.15, 0.2) is 63.8 Å². The van der Waals surface area contributed by atoms with Crippen LogP contribution in [0.2, 0.25) is 0 Å². The van der Waals surface area contributed by atoms with E-state index >= 15 is 0 Å². The van der Waals surface area contributed by atoms with Crippen LogP contribution in [0, 0.1) is 0 Å². The summed E-state index contributed by atoms with van der Waals surface area (Å²) >= 11 is 0. The number of benzene rings is 2. The maximum absolute atomic E-state index is 12.2. The quantitative estimate of drug-likeness (QED) is 0.369. The van der Waals surface area contributed by atoms with Gasteiger partial charge >= 0.3 is 11.6 Å². The summed E-state index contributed by atoms with van der Waals surface area (Å²) in [7, 11) is 0. The van der Waals surface area contributed by atoms with Gasteiger partial charge in [0.15, 0.2) is 12.4 Å². The molecule has 1 aromatic heterocycles. The van der Waals surface area contributed by atoms with E-state index in [9.17, 15) is 14.4 Å². The van der Waals surface area contributed by atoms with Crippen molar-refractivity contribution >= 4 is 22.7 Å². The molecule has 0 radical (unpaired) electrons. The molecule has 5 heteroatoms. The highest BCUT2D eigenvalue weighted by Gasteiger charge is 2.17. The summed E-state index contributed by atoms with van der Waals surface area (Å²) in [5.74, 6) is -0.789. The van der Waals surface area contributed by atoms with Crippen LogP contribution >= 0.6 is 0 Å². The molecule has 5 nitrogen and oxygen atoms in total. The minimum atomic E-state index is -0.876. The molecule has 3 aromatic rings. The molecule has 1 heterocycles. The van der Waals surface area contributed by atoms with Gasteiger partial charge in [-0.05, 0) is 30.0 Å². The number of carbonyl (C=O) groups is 2. The third-order valence-electron chi connectivity index (χ3n) is 4.61. The van der Waals surface area contributed by atoms with E-state index in [4.69, 9.17) is 9.15 Å². The molecule has 0 unspecified atom stereocenters. The van der Waals surface area contributed by atoms with Gasteiger partial charge in [-0.2, -0.15) is 0 Å². The average Bonchev–Trinajstić information content (AvgIpc) is 2.70. The van der Waals surface area contributed by atoms with Gasteiger partial charge in [-0.25, -0.2) is 9.59 Å². The van der Waals surface area contributed by atoms with Crippen molar-refractivity contribution < 1.29 is 18.7 Å². The summed E-state index contributed by atoms with van der Waals surface area (Å²) in [4.78, 5) is 36.4. The van der Waals surface area contributed by atoms with E-state index in [1.807, 2.05) is 12.1 Å². The highest BCUT2D eigenvalue weighted by atomic mass is 16.5. The number of ketones is 1. The number of Topliss-reactive ketones (excluding diaryl/α,β-unsaturated/α-hetero) is 1. The molecular weight excluding hydrogens is 344 g/mol. The Morgan fingerprint density at radius 3 is 2.48 bits per heavy atom. The standard InChI is InChI=1S/C22H20O5/c1-3-14(2)15-8-10-16(11-9-15)19(23)13-26-21(24)18-12-17-6-4-5-7-20(17)27-22(18)25/h4-12,14H,3,13H2,1-2H3/t14-/m1/s1. The van der Waals surface area contributed by atoms with E-state index in [2.05, 4.69) is 13.8 Å². The van der Waals surface area contributed by atoms with Crippen LogP contribution in [0.4, 0.5) is 0 Å². The second-order valence-electron chi connectivity index (χ2n) is 6.42. The fraction of sp³-hybridized carbons (Fsp3) is 0.227. The maximum atomic E-state index is 12.2. The first kappa shape index (κ1) is 18.6. The number of ether oxygens (including phenoxy) is 1. The van der Waals surface area contributed by atoms with Crippen molar-refractivity contribution in [2.45, 2.75) is 26.2 Å². The summed E-state index contributed by atoms with van der Waals surface area (Å²) in [6.45, 7) is 3.79. The van der Waals surface area contributed by atoms with Crippen molar-refractivity contribution in [1.29, 1.82) is 0 Å². The second kappa shape index (κ2) is 7.99. The van der Waals surface area contributed by atoms with E-state index in [0.29, 0.717) is 22.5 Å². The zero-order chi connectivity index (χ0) is 19.4. The van der Waals surface area contributed by atoms with Crippen LogP contribution in [0.5, 0.6) is 0 Å². The molecule has 0 bridgehead atoms. The minimum Gasteiger partial charge on any atom is -0.453 e. The number of hydrogen-bond donors (Lipinski definition) is 0. The molecule has 0 saturated heterocycles. The Labute approximate surface area is 156 Å². The number of carbonyl (C=O) groups excluding carboxylic acids is 2. The van der Waals surface area contributed by atoms with Crippen molar-refractivity contribution in [3.05, 3.63) is 81.7 Å². The highest BCUT2D eigenvalue weighted by molar-refractivity contribution is 5.99. The van der Waals surface area contributed by atoms with Crippen LogP contribution in [0.1, 0.15) is 52.5 Å². The molecule has 0 N–H and O–H groups in total. The smallest absolute Gasteiger partial charge is 0.351 e. The zero-order valence-electron chi connectivity index (χ0n) is 15.2. The van der Waals surface area contributed by atoms with Gasteiger partial charge in [0.2, 0.25) is 0 Å². The molecule has 2 aromatic carbocycles. The molecule has 0 aliphatic carbocycles. The van der Waals surface area contributed by atoms with Gasteiger partial charge in [-0.3, -0.25) is 4.79 Å². The molecule has 0 aliphatic rings. The van der Waals surface area contributed by atoms with E-state index in [-0.39, 0.29) is 11.3 Å². The normalized spacial score (nSPS) is 11.9. The number of hydrogen-bond acceptors (Lipinski definition) is 5. The average molecular weight is 364 g/mol. The second-order valence-corrected chi connectivity index (χ2v) is 6.42. The summed E-state index contributed by atoms with van der Waals surface area (Å²) in [6, 6.07) is 15.5. The van der Waals surface area contributed by atoms with Gasteiger partial charge in [0.05, 0.1) is 0 Å². The van der Waals surface area contributed by atoms with Gasteiger partial charge in [0.1, 0.15) is 11.1 Å². The number of para-hydroxylation sites is 1. The largest absolute Gasteiger partial charge is 0.453 e. The number of fused-ring (bicyclic) bond motifs is 1. The molecular formula is C22H20O5. The van der Waals surface area contributed by atoms with E-state index in [1.54, 1.807) is 36.4 Å². The monoisotopic (exact) mass is 364 g/mol. The fourth-order valence-corrected chi connectivity index (χ4v) is 2.73. The predicted octanol–water partition coefficient (Wildman–Crippen LogP) is 4.35. The van der Waals surface area contributed by atoms with E-state index in [1.165, 1.54) is 6.07 Å². The lowest BCUT2D eigenvalue weighted by molar-refractivity contribution is 0.0470. The Morgan fingerprint density at radius 1 is 1.07 bits per heavy atom. The van der Waals surface area contributed by atoms with E-state index in [0.717, 1.165) is 12.0 Å². The summed E-state index contributed by atoms with van der Waals surface area (Å²) in [6.07, 6.45) is 1.01. The molecule has 138 valence electrons. The van der Waals surface area contributed by atoms with Crippen molar-refractivity contribution in [2.75, 3.05) is 6.61 Å². The molecule has 0 saturated carbocycles. The third-order valence-corrected chi connectivity index (χ3v) is 4.61. The number of rotatable bonds is 6. The molecule has 3 rings (SSSR count). The zero-order valence-corrected chi connectivity index (χ0v) is 15.2. The van der Waals surface area contributed by atoms with Gasteiger partial charge in [-0.15, -0.1) is 0 Å². The van der Waals surface area contributed by atoms with Gasteiger partial charge in [0.25, 0.3) is 0 Å². The summed E-state index contributed by atoms with van der Waals surface area (Å²) in [5, 5.41) is 0.607. The first-order valence-corrected chi connectivity index (χ1v) is 8.82. The summed E-state index contributed by atoms with van der Waals surface area (Å²) in [5.41, 5.74) is 0.981. The van der Waals surface area contributed by atoms with Crippen LogP contribution < -0.4 is 5.63 Å². The lowest BCUT2D eigenvalue weighted by atomic mass is 9.97. The fourth-order valence-electron chi connectivity index (χ4n) is 2.73. The Balaban J connectivity index is 1.69. The van der Waals surface area contributed by atoms with Gasteiger partial charge < -0.3 is 9.15 Å². The molecule has 1 atom stereocenters. The maximum Gasteiger partial charge on any atom is 0.351 e. The molecule has 0 fully saturated rings. The lowest BCUT2D eigenvalue weighted by Crippen LogP contribution is -2.20. The lowest BCUT2D eigenvalue weighted by Gasteiger charge is -2.09. The van der Waals surface area contributed by atoms with E-state index < -0.39 is 18.2 Å².